The van der Waals surface area contributed by atoms with Crippen LogP contribution in [0.4, 0.5) is 0 Å². The average molecular weight is 361 g/mol. The number of nitrogens with zero attached hydrogens (tertiary/aromatic N) is 2. The van der Waals surface area contributed by atoms with Gasteiger partial charge in [-0.1, -0.05) is 61.9 Å². The van der Waals surface area contributed by atoms with Crippen LogP contribution >= 0.6 is 0 Å². The number of para-hydroxylation sites is 1. The molecule has 0 saturated carbocycles. The summed E-state index contributed by atoms with van der Waals surface area (Å²) in [5.74, 6) is -0.305. The molecule has 2 aromatic carbocycles. The Morgan fingerprint density at radius 3 is 2.48 bits per heavy atom. The van der Waals surface area contributed by atoms with E-state index in [2.05, 4.69) is 49.4 Å². The molecule has 0 spiro atoms. The largest absolute Gasteiger partial charge is 0.350 e. The maximum atomic E-state index is 12.6. The van der Waals surface area contributed by atoms with Crippen LogP contribution in [-0.2, 0) is 5.41 Å². The standard InChI is InChI=1S/C22H23N3O2/c1-16-8-7-9-17(14-16)22(2,3)15-23-21(27)19-12-13-20(26)25(24-19)18-10-5-4-6-11-18/h4-14H,15H2,1-3H3,(H,23,27). The van der Waals surface area contributed by atoms with Gasteiger partial charge in [0.2, 0.25) is 0 Å². The summed E-state index contributed by atoms with van der Waals surface area (Å²) in [4.78, 5) is 24.7. The highest BCUT2D eigenvalue weighted by Gasteiger charge is 2.22. The molecule has 0 aliphatic heterocycles. The van der Waals surface area contributed by atoms with Crippen LogP contribution in [0.3, 0.4) is 0 Å². The first-order chi connectivity index (χ1) is 12.9. The highest BCUT2D eigenvalue weighted by atomic mass is 16.2. The molecule has 1 N–H and O–H groups in total. The first kappa shape index (κ1) is 18.6. The van der Waals surface area contributed by atoms with Gasteiger partial charge in [-0.2, -0.15) is 9.78 Å². The number of aromatic nitrogens is 2. The van der Waals surface area contributed by atoms with Crippen molar-refractivity contribution in [2.75, 3.05) is 6.54 Å². The minimum absolute atomic E-state index is 0.207. The number of carbonyl (C=O) groups is 1. The van der Waals surface area contributed by atoms with E-state index >= 15 is 0 Å². The second kappa shape index (κ2) is 7.58. The van der Waals surface area contributed by atoms with Crippen LogP contribution in [0.25, 0.3) is 5.69 Å². The second-order valence-electron chi connectivity index (χ2n) is 7.24. The third-order valence-electron chi connectivity index (χ3n) is 4.52. The molecule has 1 aromatic heterocycles. The fourth-order valence-electron chi connectivity index (χ4n) is 2.85. The SMILES string of the molecule is Cc1cccc(C(C)(C)CNC(=O)c2ccc(=O)n(-c3ccccc3)n2)c1. The van der Waals surface area contributed by atoms with E-state index in [-0.39, 0.29) is 22.6 Å². The van der Waals surface area contributed by atoms with E-state index in [0.717, 1.165) is 5.56 Å². The lowest BCUT2D eigenvalue weighted by atomic mass is 9.84. The quantitative estimate of drug-likeness (QED) is 0.759. The number of amides is 1. The summed E-state index contributed by atoms with van der Waals surface area (Å²) >= 11 is 0. The predicted octanol–water partition coefficient (Wildman–Crippen LogP) is 3.25. The summed E-state index contributed by atoms with van der Waals surface area (Å²) < 4.78 is 1.24. The normalized spacial score (nSPS) is 11.2. The van der Waals surface area contributed by atoms with E-state index in [9.17, 15) is 9.59 Å². The van der Waals surface area contributed by atoms with Crippen LogP contribution in [0, 0.1) is 6.92 Å². The Morgan fingerprint density at radius 1 is 1.04 bits per heavy atom. The monoisotopic (exact) mass is 361 g/mol. The van der Waals surface area contributed by atoms with Gasteiger partial charge >= 0.3 is 0 Å². The van der Waals surface area contributed by atoms with Crippen molar-refractivity contribution >= 4 is 5.91 Å². The van der Waals surface area contributed by atoms with Gasteiger partial charge in [-0.3, -0.25) is 9.59 Å². The fraction of sp³-hybridized carbons (Fsp3) is 0.227. The number of nitrogens with one attached hydrogen (secondary N) is 1. The van der Waals surface area contributed by atoms with Gasteiger partial charge in [-0.25, -0.2) is 0 Å². The Balaban J connectivity index is 1.78. The maximum absolute atomic E-state index is 12.6. The summed E-state index contributed by atoms with van der Waals surface area (Å²) in [5, 5.41) is 7.16. The fourth-order valence-corrected chi connectivity index (χ4v) is 2.85. The van der Waals surface area contributed by atoms with Crippen molar-refractivity contribution in [1.82, 2.24) is 15.1 Å². The molecule has 0 fully saturated rings. The molecule has 1 heterocycles. The molecular weight excluding hydrogens is 338 g/mol. The van der Waals surface area contributed by atoms with Gasteiger partial charge in [0.15, 0.2) is 0 Å². The van der Waals surface area contributed by atoms with Crippen molar-refractivity contribution in [3.05, 3.63) is 93.9 Å². The molecule has 0 unspecified atom stereocenters. The van der Waals surface area contributed by atoms with Gasteiger partial charge in [-0.05, 0) is 30.7 Å². The predicted molar refractivity (Wildman–Crippen MR) is 106 cm³/mol. The Morgan fingerprint density at radius 2 is 1.78 bits per heavy atom. The number of aryl methyl sites for hydroxylation is 1. The van der Waals surface area contributed by atoms with Gasteiger partial charge in [0.1, 0.15) is 5.69 Å². The lowest BCUT2D eigenvalue weighted by molar-refractivity contribution is 0.0939. The average Bonchev–Trinajstić information content (AvgIpc) is 2.67. The second-order valence-corrected chi connectivity index (χ2v) is 7.24. The van der Waals surface area contributed by atoms with Crippen molar-refractivity contribution in [3.63, 3.8) is 0 Å². The number of hydrogen-bond donors (Lipinski definition) is 1. The lowest BCUT2D eigenvalue weighted by Gasteiger charge is -2.26. The summed E-state index contributed by atoms with van der Waals surface area (Å²) in [5.41, 5.74) is 2.66. The van der Waals surface area contributed by atoms with Crippen LogP contribution < -0.4 is 10.9 Å². The highest BCUT2D eigenvalue weighted by Crippen LogP contribution is 2.23. The summed E-state index contributed by atoms with van der Waals surface area (Å²) in [6.07, 6.45) is 0. The van der Waals surface area contributed by atoms with Gasteiger partial charge < -0.3 is 5.32 Å². The van der Waals surface area contributed by atoms with Gasteiger partial charge in [0, 0.05) is 18.0 Å². The Kier molecular flexibility index (Phi) is 5.21. The van der Waals surface area contributed by atoms with Crippen molar-refractivity contribution < 1.29 is 4.79 Å². The van der Waals surface area contributed by atoms with Gasteiger partial charge in [0.25, 0.3) is 11.5 Å². The first-order valence-corrected chi connectivity index (χ1v) is 8.88. The smallest absolute Gasteiger partial charge is 0.271 e. The van der Waals surface area contributed by atoms with Crippen LogP contribution in [0.15, 0.2) is 71.5 Å². The Hall–Kier alpha value is -3.21. The topological polar surface area (TPSA) is 64.0 Å². The van der Waals surface area contributed by atoms with E-state index in [1.807, 2.05) is 24.3 Å². The molecule has 138 valence electrons. The zero-order valence-electron chi connectivity index (χ0n) is 15.8. The molecule has 0 aliphatic rings. The minimum atomic E-state index is -0.305. The van der Waals surface area contributed by atoms with Crippen molar-refractivity contribution in [3.8, 4) is 5.69 Å². The third-order valence-corrected chi connectivity index (χ3v) is 4.52. The van der Waals surface area contributed by atoms with Gasteiger partial charge in [-0.15, -0.1) is 0 Å². The minimum Gasteiger partial charge on any atom is -0.350 e. The molecule has 5 heteroatoms. The van der Waals surface area contributed by atoms with Crippen LogP contribution in [-0.4, -0.2) is 22.2 Å². The van der Waals surface area contributed by atoms with Crippen molar-refractivity contribution in [2.24, 2.45) is 0 Å². The van der Waals surface area contributed by atoms with E-state index in [0.29, 0.717) is 12.2 Å². The van der Waals surface area contributed by atoms with Gasteiger partial charge in [0.05, 0.1) is 5.69 Å². The summed E-state index contributed by atoms with van der Waals surface area (Å²) in [7, 11) is 0. The first-order valence-electron chi connectivity index (χ1n) is 8.88. The number of carbonyl (C=O) groups excluding carboxylic acids is 1. The molecular formula is C22H23N3O2. The summed E-state index contributed by atoms with van der Waals surface area (Å²) in [6, 6.07) is 20.1. The molecule has 3 aromatic rings. The molecule has 1 amide bonds. The summed E-state index contributed by atoms with van der Waals surface area (Å²) in [6.45, 7) is 6.68. The Bertz CT molecular complexity index is 1010. The molecule has 3 rings (SSSR count). The Labute approximate surface area is 158 Å². The molecule has 27 heavy (non-hydrogen) atoms. The zero-order chi connectivity index (χ0) is 19.4. The number of hydrogen-bond acceptors (Lipinski definition) is 3. The van der Waals surface area contributed by atoms with Crippen LogP contribution in [0.1, 0.15) is 35.5 Å². The van der Waals surface area contributed by atoms with E-state index < -0.39 is 0 Å². The molecule has 0 saturated heterocycles. The number of benzene rings is 2. The lowest BCUT2D eigenvalue weighted by Crippen LogP contribution is -2.37. The molecule has 5 nitrogen and oxygen atoms in total. The van der Waals surface area contributed by atoms with E-state index in [1.165, 1.54) is 22.4 Å². The molecule has 0 radical (unpaired) electrons. The van der Waals surface area contributed by atoms with E-state index in [1.54, 1.807) is 12.1 Å². The van der Waals surface area contributed by atoms with Crippen LogP contribution in [0.5, 0.6) is 0 Å². The molecule has 0 bridgehead atoms. The maximum Gasteiger partial charge on any atom is 0.271 e. The van der Waals surface area contributed by atoms with E-state index in [4.69, 9.17) is 0 Å². The third kappa shape index (κ3) is 4.31. The molecule has 0 atom stereocenters. The number of rotatable bonds is 5. The molecule has 0 aliphatic carbocycles. The van der Waals surface area contributed by atoms with Crippen molar-refractivity contribution in [1.29, 1.82) is 0 Å². The highest BCUT2D eigenvalue weighted by molar-refractivity contribution is 5.92. The zero-order valence-corrected chi connectivity index (χ0v) is 15.8. The van der Waals surface area contributed by atoms with Crippen molar-refractivity contribution in [2.45, 2.75) is 26.2 Å². The van der Waals surface area contributed by atoms with Crippen LogP contribution in [0.2, 0.25) is 0 Å².